The average molecular weight is 568 g/mol. The Kier molecular flexibility index (Phi) is 7.99. The first-order chi connectivity index (χ1) is 18.9. The fourth-order valence-electron chi connectivity index (χ4n) is 5.84. The molecular formula is C31H41N3O5S. The van der Waals surface area contributed by atoms with Gasteiger partial charge in [0.1, 0.15) is 5.60 Å². The predicted molar refractivity (Wildman–Crippen MR) is 158 cm³/mol. The molecule has 1 N–H and O–H groups in total. The Bertz CT molecular complexity index is 1280. The van der Waals surface area contributed by atoms with E-state index in [0.29, 0.717) is 45.6 Å². The molecule has 2 amide bonds. The van der Waals surface area contributed by atoms with E-state index in [1.165, 1.54) is 0 Å². The molecule has 216 valence electrons. The zero-order valence-electron chi connectivity index (χ0n) is 24.3. The molecule has 2 aliphatic heterocycles. The standard InChI is InChI=1S/C31H41N3O5S/c1-30(2,3)39-29(37)34-11-9-20(10-12-34)27(36)32-22-8-6-7-21(17-22)25-23-18-31(4,5)19-24(35)26(23)40-28(25)33-13-15-38-16-14-33/h6-8,17,20H,9-16,18-19H2,1-5H3,(H,32,36). The summed E-state index contributed by atoms with van der Waals surface area (Å²) in [5, 5.41) is 4.25. The molecule has 0 atom stereocenters. The third kappa shape index (κ3) is 6.36. The largest absolute Gasteiger partial charge is 0.444 e. The van der Waals surface area contributed by atoms with Crippen LogP contribution in [0.25, 0.3) is 11.1 Å². The number of anilines is 2. The number of hydrogen-bond acceptors (Lipinski definition) is 7. The number of ketones is 1. The molecular weight excluding hydrogens is 526 g/mol. The number of hydrogen-bond donors (Lipinski definition) is 1. The van der Waals surface area contributed by atoms with E-state index in [-0.39, 0.29) is 29.1 Å². The lowest BCUT2D eigenvalue weighted by molar-refractivity contribution is -0.121. The summed E-state index contributed by atoms with van der Waals surface area (Å²) >= 11 is 1.61. The highest BCUT2D eigenvalue weighted by Gasteiger charge is 2.37. The Labute approximate surface area is 241 Å². The summed E-state index contributed by atoms with van der Waals surface area (Å²) in [5.74, 6) is 0.0239. The molecule has 0 bridgehead atoms. The smallest absolute Gasteiger partial charge is 0.410 e. The van der Waals surface area contributed by atoms with Gasteiger partial charge in [-0.05, 0) is 68.7 Å². The van der Waals surface area contributed by atoms with Gasteiger partial charge in [0.2, 0.25) is 5.91 Å². The lowest BCUT2D eigenvalue weighted by Gasteiger charge is -2.33. The van der Waals surface area contributed by atoms with Crippen molar-refractivity contribution in [2.45, 2.75) is 65.9 Å². The average Bonchev–Trinajstić information content (AvgIpc) is 3.27. The molecule has 2 aromatic rings. The van der Waals surface area contributed by atoms with Crippen LogP contribution in [0, 0.1) is 11.3 Å². The van der Waals surface area contributed by atoms with Crippen molar-refractivity contribution in [2.75, 3.05) is 49.6 Å². The van der Waals surface area contributed by atoms with Crippen molar-refractivity contribution in [1.82, 2.24) is 4.90 Å². The number of amides is 2. The molecule has 1 aromatic carbocycles. The predicted octanol–water partition coefficient (Wildman–Crippen LogP) is 5.99. The normalized spacial score (nSPS) is 19.8. The SMILES string of the molecule is CC1(C)CC(=O)c2sc(N3CCOCC3)c(-c3cccc(NC(=O)C4CCN(C(=O)OC(C)(C)C)CC4)c3)c2C1. The van der Waals surface area contributed by atoms with Crippen LogP contribution >= 0.6 is 11.3 Å². The second kappa shape index (κ2) is 11.2. The third-order valence-corrected chi connectivity index (χ3v) is 9.10. The first-order valence-electron chi connectivity index (χ1n) is 14.3. The van der Waals surface area contributed by atoms with E-state index < -0.39 is 5.60 Å². The van der Waals surface area contributed by atoms with Gasteiger partial charge in [-0.15, -0.1) is 11.3 Å². The van der Waals surface area contributed by atoms with E-state index in [4.69, 9.17) is 9.47 Å². The zero-order chi connectivity index (χ0) is 28.7. The van der Waals surface area contributed by atoms with Crippen LogP contribution in [0.2, 0.25) is 0 Å². The van der Waals surface area contributed by atoms with Crippen LogP contribution in [0.3, 0.4) is 0 Å². The number of Topliss-reactive ketones (excluding diaryl/α,β-unsaturated/α-hetero) is 1. The number of benzene rings is 1. The first-order valence-corrected chi connectivity index (χ1v) is 15.1. The first kappa shape index (κ1) is 28.6. The van der Waals surface area contributed by atoms with Crippen molar-refractivity contribution in [2.24, 2.45) is 11.3 Å². The van der Waals surface area contributed by atoms with E-state index in [9.17, 15) is 14.4 Å². The number of rotatable bonds is 4. The summed E-state index contributed by atoms with van der Waals surface area (Å²) in [6, 6.07) is 8.00. The summed E-state index contributed by atoms with van der Waals surface area (Å²) in [6.07, 6.45) is 2.28. The third-order valence-electron chi connectivity index (χ3n) is 7.77. The van der Waals surface area contributed by atoms with Crippen molar-refractivity contribution in [1.29, 1.82) is 0 Å². The molecule has 1 aliphatic carbocycles. The highest BCUT2D eigenvalue weighted by Crippen LogP contribution is 2.49. The number of piperidine rings is 1. The molecule has 1 aromatic heterocycles. The van der Waals surface area contributed by atoms with Gasteiger partial charge in [-0.1, -0.05) is 26.0 Å². The highest BCUT2D eigenvalue weighted by molar-refractivity contribution is 7.19. The van der Waals surface area contributed by atoms with E-state index in [0.717, 1.165) is 51.8 Å². The molecule has 0 saturated carbocycles. The van der Waals surface area contributed by atoms with Gasteiger partial charge in [0.15, 0.2) is 5.78 Å². The molecule has 2 fully saturated rings. The van der Waals surface area contributed by atoms with Crippen LogP contribution in [-0.4, -0.2) is 67.7 Å². The maximum absolute atomic E-state index is 13.2. The van der Waals surface area contributed by atoms with Gasteiger partial charge in [0, 0.05) is 49.8 Å². The number of nitrogens with zero attached hydrogens (tertiary/aromatic N) is 2. The molecule has 9 heteroatoms. The van der Waals surface area contributed by atoms with Gasteiger partial charge in [-0.25, -0.2) is 4.79 Å². The Morgan fingerprint density at radius 3 is 2.45 bits per heavy atom. The minimum Gasteiger partial charge on any atom is -0.444 e. The number of likely N-dealkylation sites (tertiary alicyclic amines) is 1. The van der Waals surface area contributed by atoms with Gasteiger partial charge in [-0.2, -0.15) is 0 Å². The highest BCUT2D eigenvalue weighted by atomic mass is 32.1. The number of nitrogens with one attached hydrogen (secondary N) is 1. The van der Waals surface area contributed by atoms with Crippen molar-refractivity contribution in [3.05, 3.63) is 34.7 Å². The Morgan fingerprint density at radius 1 is 1.07 bits per heavy atom. The maximum atomic E-state index is 13.2. The number of carbonyl (C=O) groups excluding carboxylic acids is 3. The molecule has 0 spiro atoms. The quantitative estimate of drug-likeness (QED) is 0.488. The van der Waals surface area contributed by atoms with Crippen LogP contribution in [0.15, 0.2) is 24.3 Å². The minimum absolute atomic E-state index is 0.0296. The summed E-state index contributed by atoms with van der Waals surface area (Å²) in [5.41, 5.74) is 3.37. The molecule has 3 heterocycles. The Balaban J connectivity index is 1.35. The van der Waals surface area contributed by atoms with Crippen molar-refractivity contribution >= 4 is 39.8 Å². The van der Waals surface area contributed by atoms with Crippen LogP contribution < -0.4 is 10.2 Å². The number of ether oxygens (including phenoxy) is 2. The molecule has 2 saturated heterocycles. The molecule has 5 rings (SSSR count). The topological polar surface area (TPSA) is 88.2 Å². The molecule has 40 heavy (non-hydrogen) atoms. The van der Waals surface area contributed by atoms with Gasteiger partial charge < -0.3 is 24.6 Å². The minimum atomic E-state index is -0.539. The number of fused-ring (bicyclic) bond motifs is 1. The lowest BCUT2D eigenvalue weighted by Crippen LogP contribution is -2.43. The number of carbonyl (C=O) groups is 3. The van der Waals surface area contributed by atoms with Gasteiger partial charge in [0.05, 0.1) is 23.1 Å². The summed E-state index contributed by atoms with van der Waals surface area (Å²) in [4.78, 5) is 43.7. The molecule has 0 unspecified atom stereocenters. The Morgan fingerprint density at radius 2 is 1.77 bits per heavy atom. The van der Waals surface area contributed by atoms with Gasteiger partial charge in [-0.3, -0.25) is 9.59 Å². The zero-order valence-corrected chi connectivity index (χ0v) is 25.1. The van der Waals surface area contributed by atoms with Crippen LogP contribution in [0.4, 0.5) is 15.5 Å². The molecule has 0 radical (unpaired) electrons. The van der Waals surface area contributed by atoms with Gasteiger partial charge in [0.25, 0.3) is 0 Å². The van der Waals surface area contributed by atoms with Crippen LogP contribution in [0.5, 0.6) is 0 Å². The second-order valence-corrected chi connectivity index (χ2v) is 13.9. The van der Waals surface area contributed by atoms with Crippen molar-refractivity contribution < 1.29 is 23.9 Å². The monoisotopic (exact) mass is 567 g/mol. The van der Waals surface area contributed by atoms with E-state index >= 15 is 0 Å². The summed E-state index contributed by atoms with van der Waals surface area (Å²) in [6.45, 7) is 13.8. The molecule has 8 nitrogen and oxygen atoms in total. The molecule has 3 aliphatic rings. The fraction of sp³-hybridized carbons (Fsp3) is 0.581. The van der Waals surface area contributed by atoms with Crippen molar-refractivity contribution in [3.8, 4) is 11.1 Å². The summed E-state index contributed by atoms with van der Waals surface area (Å²) in [7, 11) is 0. The maximum Gasteiger partial charge on any atom is 0.410 e. The van der Waals surface area contributed by atoms with E-state index in [2.05, 4.69) is 30.1 Å². The number of thiophene rings is 1. The van der Waals surface area contributed by atoms with Crippen LogP contribution in [-0.2, 0) is 20.7 Å². The van der Waals surface area contributed by atoms with E-state index in [1.54, 1.807) is 16.2 Å². The second-order valence-electron chi connectivity index (χ2n) is 12.9. The summed E-state index contributed by atoms with van der Waals surface area (Å²) < 4.78 is 11.1. The van der Waals surface area contributed by atoms with E-state index in [1.807, 2.05) is 39.0 Å². The van der Waals surface area contributed by atoms with Crippen LogP contribution in [0.1, 0.15) is 69.1 Å². The number of morpholine rings is 1. The van der Waals surface area contributed by atoms with Crippen molar-refractivity contribution in [3.63, 3.8) is 0 Å². The Hall–Kier alpha value is -2.91. The fourth-order valence-corrected chi connectivity index (χ4v) is 7.17. The lowest BCUT2D eigenvalue weighted by atomic mass is 9.75. The van der Waals surface area contributed by atoms with Gasteiger partial charge >= 0.3 is 6.09 Å².